The molecule has 2 rings (SSSR count). The van der Waals surface area contributed by atoms with Crippen LogP contribution in [0.15, 0.2) is 52.1 Å². The van der Waals surface area contributed by atoms with Crippen molar-refractivity contribution in [3.05, 3.63) is 59.5 Å². The van der Waals surface area contributed by atoms with Crippen LogP contribution in [0.25, 0.3) is 0 Å². The van der Waals surface area contributed by atoms with Gasteiger partial charge in [-0.25, -0.2) is 0 Å². The number of furan rings is 1. The van der Waals surface area contributed by atoms with E-state index in [0.29, 0.717) is 18.8 Å². The minimum Gasteiger partial charge on any atom is -0.459 e. The molecule has 0 saturated heterocycles. The van der Waals surface area contributed by atoms with Gasteiger partial charge in [-0.3, -0.25) is 9.79 Å². The Bertz CT molecular complexity index is 678. The van der Waals surface area contributed by atoms with E-state index < -0.39 is 0 Å². The standard InChI is InChI=1S/C19H26N4O2/c1-4-15-7-9-16(10-8-15)14-23(3)19(20-2)22-12-11-21-18(24)17-6-5-13-25-17/h5-10,13H,4,11-12,14H2,1-3H3,(H,20,22)(H,21,24). The molecule has 0 saturated carbocycles. The third kappa shape index (κ3) is 5.67. The summed E-state index contributed by atoms with van der Waals surface area (Å²) in [5, 5.41) is 6.04. The van der Waals surface area contributed by atoms with Crippen molar-refractivity contribution in [2.75, 3.05) is 27.2 Å². The van der Waals surface area contributed by atoms with Crippen molar-refractivity contribution >= 4 is 11.9 Å². The maximum Gasteiger partial charge on any atom is 0.287 e. The number of hydrogen-bond donors (Lipinski definition) is 2. The average molecular weight is 342 g/mol. The third-order valence-electron chi connectivity index (χ3n) is 3.86. The van der Waals surface area contributed by atoms with Gasteiger partial charge in [-0.2, -0.15) is 0 Å². The lowest BCUT2D eigenvalue weighted by Crippen LogP contribution is -2.42. The SMILES string of the molecule is CCc1ccc(CN(C)C(=NC)NCCNC(=O)c2ccco2)cc1. The average Bonchev–Trinajstić information content (AvgIpc) is 3.17. The summed E-state index contributed by atoms with van der Waals surface area (Å²) in [6.07, 6.45) is 2.53. The fraction of sp³-hybridized carbons (Fsp3) is 0.368. The molecule has 2 N–H and O–H groups in total. The van der Waals surface area contributed by atoms with Crippen LogP contribution in [0.4, 0.5) is 0 Å². The first kappa shape index (κ1) is 18.6. The van der Waals surface area contributed by atoms with E-state index in [2.05, 4.69) is 51.7 Å². The quantitative estimate of drug-likeness (QED) is 0.460. The van der Waals surface area contributed by atoms with Crippen LogP contribution in [-0.4, -0.2) is 44.0 Å². The fourth-order valence-electron chi connectivity index (χ4n) is 2.46. The Balaban J connectivity index is 1.75. The number of benzene rings is 1. The first-order chi connectivity index (χ1) is 12.1. The second-order valence-electron chi connectivity index (χ2n) is 5.73. The number of aryl methyl sites for hydroxylation is 1. The number of rotatable bonds is 7. The summed E-state index contributed by atoms with van der Waals surface area (Å²) < 4.78 is 5.05. The number of carbonyl (C=O) groups is 1. The predicted octanol–water partition coefficient (Wildman–Crippen LogP) is 2.28. The molecule has 0 atom stereocenters. The largest absolute Gasteiger partial charge is 0.459 e. The van der Waals surface area contributed by atoms with E-state index in [1.54, 1.807) is 19.2 Å². The van der Waals surface area contributed by atoms with Crippen LogP contribution in [0.1, 0.15) is 28.6 Å². The molecular formula is C19H26N4O2. The number of guanidine groups is 1. The van der Waals surface area contributed by atoms with Crippen molar-refractivity contribution < 1.29 is 9.21 Å². The summed E-state index contributed by atoms with van der Waals surface area (Å²) in [4.78, 5) is 18.1. The Morgan fingerprint density at radius 1 is 1.12 bits per heavy atom. The van der Waals surface area contributed by atoms with Crippen LogP contribution >= 0.6 is 0 Å². The molecule has 0 aliphatic rings. The van der Waals surface area contributed by atoms with Gasteiger partial charge in [-0.1, -0.05) is 31.2 Å². The highest BCUT2D eigenvalue weighted by molar-refractivity contribution is 5.91. The number of nitrogens with one attached hydrogen (secondary N) is 2. The number of hydrogen-bond acceptors (Lipinski definition) is 3. The molecule has 0 fully saturated rings. The number of nitrogens with zero attached hydrogens (tertiary/aromatic N) is 2. The summed E-state index contributed by atoms with van der Waals surface area (Å²) in [5.41, 5.74) is 2.56. The highest BCUT2D eigenvalue weighted by Crippen LogP contribution is 2.07. The lowest BCUT2D eigenvalue weighted by Gasteiger charge is -2.22. The normalized spacial score (nSPS) is 11.2. The van der Waals surface area contributed by atoms with Crippen LogP contribution in [0.5, 0.6) is 0 Å². The smallest absolute Gasteiger partial charge is 0.287 e. The van der Waals surface area contributed by atoms with E-state index in [9.17, 15) is 4.79 Å². The second-order valence-corrected chi connectivity index (χ2v) is 5.73. The third-order valence-corrected chi connectivity index (χ3v) is 3.86. The zero-order valence-corrected chi connectivity index (χ0v) is 15.1. The summed E-state index contributed by atoms with van der Waals surface area (Å²) in [5.74, 6) is 0.884. The van der Waals surface area contributed by atoms with E-state index >= 15 is 0 Å². The minimum absolute atomic E-state index is 0.217. The zero-order chi connectivity index (χ0) is 18.1. The van der Waals surface area contributed by atoms with E-state index in [4.69, 9.17) is 4.42 Å². The minimum atomic E-state index is -0.217. The molecule has 25 heavy (non-hydrogen) atoms. The summed E-state index contributed by atoms with van der Waals surface area (Å²) in [6.45, 7) is 3.98. The van der Waals surface area contributed by atoms with Crippen LogP contribution in [-0.2, 0) is 13.0 Å². The molecule has 0 radical (unpaired) electrons. The number of carbonyl (C=O) groups excluding carboxylic acids is 1. The van der Waals surface area contributed by atoms with Gasteiger partial charge in [0.2, 0.25) is 0 Å². The molecule has 0 unspecified atom stereocenters. The monoisotopic (exact) mass is 342 g/mol. The maximum absolute atomic E-state index is 11.8. The molecule has 6 nitrogen and oxygen atoms in total. The number of amides is 1. The van der Waals surface area contributed by atoms with Gasteiger partial charge in [0.05, 0.1) is 6.26 Å². The zero-order valence-electron chi connectivity index (χ0n) is 15.1. The molecule has 0 aliphatic heterocycles. The van der Waals surface area contributed by atoms with Gasteiger partial charge in [-0.05, 0) is 29.7 Å². The van der Waals surface area contributed by atoms with Crippen molar-refractivity contribution in [3.8, 4) is 0 Å². The van der Waals surface area contributed by atoms with Crippen molar-refractivity contribution in [2.24, 2.45) is 4.99 Å². The molecule has 134 valence electrons. The van der Waals surface area contributed by atoms with Gasteiger partial charge in [-0.15, -0.1) is 0 Å². The summed E-state index contributed by atoms with van der Waals surface area (Å²) in [7, 11) is 3.74. The van der Waals surface area contributed by atoms with E-state index in [0.717, 1.165) is 18.9 Å². The molecule has 0 spiro atoms. The lowest BCUT2D eigenvalue weighted by atomic mass is 10.1. The van der Waals surface area contributed by atoms with Crippen LogP contribution in [0.3, 0.4) is 0 Å². The Kier molecular flexibility index (Phi) is 7.07. The van der Waals surface area contributed by atoms with Gasteiger partial charge in [0.25, 0.3) is 5.91 Å². The van der Waals surface area contributed by atoms with Gasteiger partial charge in [0.15, 0.2) is 11.7 Å². The second kappa shape index (κ2) is 9.52. The Hall–Kier alpha value is -2.76. The van der Waals surface area contributed by atoms with Gasteiger partial charge in [0.1, 0.15) is 0 Å². The highest BCUT2D eigenvalue weighted by Gasteiger charge is 2.09. The van der Waals surface area contributed by atoms with E-state index in [1.807, 2.05) is 7.05 Å². The molecule has 2 aromatic rings. The van der Waals surface area contributed by atoms with E-state index in [1.165, 1.54) is 17.4 Å². The molecule has 6 heteroatoms. The van der Waals surface area contributed by atoms with Crippen LogP contribution in [0, 0.1) is 0 Å². The molecule has 1 heterocycles. The van der Waals surface area contributed by atoms with Gasteiger partial charge >= 0.3 is 0 Å². The highest BCUT2D eigenvalue weighted by atomic mass is 16.3. The predicted molar refractivity (Wildman–Crippen MR) is 99.7 cm³/mol. The van der Waals surface area contributed by atoms with Gasteiger partial charge in [0, 0.05) is 33.7 Å². The molecular weight excluding hydrogens is 316 g/mol. The van der Waals surface area contributed by atoms with Crippen LogP contribution < -0.4 is 10.6 Å². The Morgan fingerprint density at radius 3 is 2.40 bits per heavy atom. The first-order valence-electron chi connectivity index (χ1n) is 8.45. The van der Waals surface area contributed by atoms with Crippen molar-refractivity contribution in [3.63, 3.8) is 0 Å². The fourth-order valence-corrected chi connectivity index (χ4v) is 2.46. The lowest BCUT2D eigenvalue weighted by molar-refractivity contribution is 0.0926. The Labute approximate surface area is 148 Å². The summed E-state index contributed by atoms with van der Waals surface area (Å²) in [6, 6.07) is 11.9. The van der Waals surface area contributed by atoms with E-state index in [-0.39, 0.29) is 5.91 Å². The molecule has 1 amide bonds. The summed E-state index contributed by atoms with van der Waals surface area (Å²) >= 11 is 0. The van der Waals surface area contributed by atoms with Crippen molar-refractivity contribution in [2.45, 2.75) is 19.9 Å². The molecule has 1 aromatic carbocycles. The topological polar surface area (TPSA) is 69.9 Å². The van der Waals surface area contributed by atoms with Crippen molar-refractivity contribution in [1.29, 1.82) is 0 Å². The molecule has 1 aromatic heterocycles. The maximum atomic E-state index is 11.8. The number of aliphatic imine (C=N–C) groups is 1. The van der Waals surface area contributed by atoms with Crippen molar-refractivity contribution in [1.82, 2.24) is 15.5 Å². The van der Waals surface area contributed by atoms with Crippen LogP contribution in [0.2, 0.25) is 0 Å². The molecule has 0 bridgehead atoms. The first-order valence-corrected chi connectivity index (χ1v) is 8.45. The Morgan fingerprint density at radius 2 is 1.80 bits per heavy atom. The van der Waals surface area contributed by atoms with Gasteiger partial charge < -0.3 is 20.0 Å². The molecule has 0 aliphatic carbocycles.